The Hall–Kier alpha value is -1.01. The minimum atomic E-state index is -3.16. The van der Waals surface area contributed by atoms with Crippen molar-refractivity contribution in [2.45, 2.75) is 0 Å². The maximum absolute atomic E-state index is 11.9. The van der Waals surface area contributed by atoms with Crippen LogP contribution < -0.4 is 0 Å². The molecule has 0 aliphatic heterocycles. The Morgan fingerprint density at radius 2 is 1.29 bits per heavy atom. The van der Waals surface area contributed by atoms with Gasteiger partial charge >= 0.3 is 0 Å². The normalized spacial score (nSPS) is 10.3. The second kappa shape index (κ2) is 5.66. The van der Waals surface area contributed by atoms with Crippen LogP contribution in [0.3, 0.4) is 0 Å². The summed E-state index contributed by atoms with van der Waals surface area (Å²) in [6, 6.07) is 4.31. The molecule has 0 unspecified atom stereocenters. The zero-order valence-electron chi connectivity index (χ0n) is 7.70. The highest BCUT2D eigenvalue weighted by Gasteiger charge is 1.90. The third-order valence-corrected chi connectivity index (χ3v) is 1.71. The average Bonchev–Trinajstić information content (AvgIpc) is 2.10. The smallest absolute Gasteiger partial charge is 0.264 e. The quantitative estimate of drug-likeness (QED) is 0.680. The van der Waals surface area contributed by atoms with Gasteiger partial charge in [-0.1, -0.05) is 0 Å². The van der Waals surface area contributed by atoms with Crippen LogP contribution in [0.2, 0.25) is 0 Å². The highest BCUT2D eigenvalue weighted by molar-refractivity contribution is 7.85. The zero-order valence-corrected chi connectivity index (χ0v) is 8.51. The lowest BCUT2D eigenvalue weighted by atomic mass is 10.3. The Kier molecular flexibility index (Phi) is 5.26. The van der Waals surface area contributed by atoms with Crippen molar-refractivity contribution in [1.29, 1.82) is 0 Å². The van der Waals surface area contributed by atoms with Crippen LogP contribution >= 0.6 is 0 Å². The molecule has 6 heteroatoms. The highest BCUT2D eigenvalue weighted by atomic mass is 32.2. The summed E-state index contributed by atoms with van der Waals surface area (Å²) in [7, 11) is -2.04. The molecule has 0 amide bonds. The van der Waals surface area contributed by atoms with E-state index in [1.54, 1.807) is 0 Å². The van der Waals surface area contributed by atoms with Gasteiger partial charge in [-0.2, -0.15) is 8.42 Å². The molecule has 0 aliphatic carbocycles. The summed E-state index contributed by atoms with van der Waals surface area (Å²) in [5.41, 5.74) is 0. The molecule has 0 saturated heterocycles. The van der Waals surface area contributed by atoms with E-state index in [9.17, 15) is 17.2 Å². The predicted octanol–water partition coefficient (Wildman–Crippen LogP) is 1.56. The Balaban J connectivity index is 0.000000255. The van der Waals surface area contributed by atoms with Gasteiger partial charge in [0.25, 0.3) is 10.1 Å². The lowest BCUT2D eigenvalue weighted by Gasteiger charge is -1.84. The molecular weight excluding hydrogens is 214 g/mol. The van der Waals surface area contributed by atoms with Gasteiger partial charge < -0.3 is 0 Å². The van der Waals surface area contributed by atoms with Crippen LogP contribution in [0.4, 0.5) is 8.78 Å². The molecule has 0 spiro atoms. The molecule has 0 bridgehead atoms. The molecule has 1 aromatic rings. The largest absolute Gasteiger partial charge is 0.274 e. The van der Waals surface area contributed by atoms with Crippen molar-refractivity contribution in [1.82, 2.24) is 0 Å². The Morgan fingerprint density at radius 1 is 1.07 bits per heavy atom. The number of hydrogen-bond acceptors (Lipinski definition) is 3. The monoisotopic (exact) mass is 224 g/mol. The van der Waals surface area contributed by atoms with Gasteiger partial charge in [0.2, 0.25) is 0 Å². The second-order valence-electron chi connectivity index (χ2n) is 2.31. The third-order valence-electron chi connectivity index (χ3n) is 1.11. The summed E-state index contributed by atoms with van der Waals surface area (Å²) >= 11 is 0. The van der Waals surface area contributed by atoms with Gasteiger partial charge in [0.05, 0.1) is 13.4 Å². The van der Waals surface area contributed by atoms with Gasteiger partial charge in [0.1, 0.15) is 11.6 Å². The molecule has 80 valence electrons. The molecule has 14 heavy (non-hydrogen) atoms. The van der Waals surface area contributed by atoms with E-state index in [0.29, 0.717) is 0 Å². The minimum Gasteiger partial charge on any atom is -0.274 e. The lowest BCUT2D eigenvalue weighted by molar-refractivity contribution is 0.403. The van der Waals surface area contributed by atoms with Crippen LogP contribution in [0.5, 0.6) is 0 Å². The molecule has 0 aliphatic rings. The number of hydrogen-bond donors (Lipinski definition) is 0. The van der Waals surface area contributed by atoms with E-state index in [-0.39, 0.29) is 0 Å². The van der Waals surface area contributed by atoms with Crippen molar-refractivity contribution in [3.05, 3.63) is 35.9 Å². The maximum atomic E-state index is 11.9. The Labute approximate surface area is 81.4 Å². The van der Waals surface area contributed by atoms with E-state index < -0.39 is 21.8 Å². The van der Waals surface area contributed by atoms with Gasteiger partial charge in [-0.3, -0.25) is 4.18 Å². The van der Waals surface area contributed by atoms with Crippen LogP contribution in [0.1, 0.15) is 0 Å². The summed E-state index contributed by atoms with van der Waals surface area (Å²) in [4.78, 5) is 0. The van der Waals surface area contributed by atoms with Crippen LogP contribution in [-0.2, 0) is 14.3 Å². The van der Waals surface area contributed by atoms with Crippen LogP contribution in [0.25, 0.3) is 0 Å². The minimum absolute atomic E-state index is 0.411. The number of rotatable bonds is 1. The third kappa shape index (κ3) is 7.63. The molecule has 0 fully saturated rings. The van der Waals surface area contributed by atoms with Crippen molar-refractivity contribution in [3.63, 3.8) is 0 Å². The number of benzene rings is 1. The standard InChI is InChI=1S/C6H4F2.C2H6O3S/c7-5-1-2-6(8)4-3-5;1-5-6(2,3)4/h1-4H;1-2H3. The first kappa shape index (κ1) is 13.0. The van der Waals surface area contributed by atoms with Crippen LogP contribution in [0, 0.1) is 11.6 Å². The average molecular weight is 224 g/mol. The summed E-state index contributed by atoms with van der Waals surface area (Å²) < 4.78 is 47.3. The van der Waals surface area contributed by atoms with Gasteiger partial charge in [0.15, 0.2) is 0 Å². The lowest BCUT2D eigenvalue weighted by Crippen LogP contribution is -1.95. The molecule has 1 rings (SSSR count). The van der Waals surface area contributed by atoms with Crippen molar-refractivity contribution in [2.24, 2.45) is 0 Å². The molecule has 0 atom stereocenters. The fourth-order valence-electron chi connectivity index (χ4n) is 0.430. The summed E-state index contributed by atoms with van der Waals surface area (Å²) in [5, 5.41) is 0. The molecular formula is C8H10F2O3S. The van der Waals surface area contributed by atoms with Gasteiger partial charge in [-0.25, -0.2) is 8.78 Å². The summed E-state index contributed by atoms with van der Waals surface area (Å²) in [6.07, 6.45) is 0.993. The van der Waals surface area contributed by atoms with Crippen molar-refractivity contribution < 1.29 is 21.4 Å². The van der Waals surface area contributed by atoms with Crippen LogP contribution in [0.15, 0.2) is 24.3 Å². The van der Waals surface area contributed by atoms with Gasteiger partial charge in [-0.15, -0.1) is 0 Å². The fraction of sp³-hybridized carbons (Fsp3) is 0.250. The fourth-order valence-corrected chi connectivity index (χ4v) is 0.430. The molecule has 0 N–H and O–H groups in total. The molecule has 0 saturated carbocycles. The first-order valence-electron chi connectivity index (χ1n) is 3.52. The van der Waals surface area contributed by atoms with E-state index in [2.05, 4.69) is 4.18 Å². The summed E-state index contributed by atoms with van der Waals surface area (Å²) in [6.45, 7) is 0. The molecule has 3 nitrogen and oxygen atoms in total. The van der Waals surface area contributed by atoms with E-state index in [4.69, 9.17) is 0 Å². The van der Waals surface area contributed by atoms with Crippen molar-refractivity contribution in [2.75, 3.05) is 13.4 Å². The Morgan fingerprint density at radius 3 is 1.43 bits per heavy atom. The maximum Gasteiger partial charge on any atom is 0.264 e. The van der Waals surface area contributed by atoms with Crippen molar-refractivity contribution in [3.8, 4) is 0 Å². The van der Waals surface area contributed by atoms with Crippen LogP contribution in [-0.4, -0.2) is 21.8 Å². The molecule has 0 heterocycles. The molecule has 0 aromatic heterocycles. The van der Waals surface area contributed by atoms with E-state index in [0.717, 1.165) is 37.6 Å². The predicted molar refractivity (Wildman–Crippen MR) is 48.2 cm³/mol. The highest BCUT2D eigenvalue weighted by Crippen LogP contribution is 1.98. The molecule has 0 radical (unpaired) electrons. The SMILES string of the molecule is COS(C)(=O)=O.Fc1ccc(F)cc1. The van der Waals surface area contributed by atoms with Gasteiger partial charge in [0, 0.05) is 0 Å². The van der Waals surface area contributed by atoms with E-state index in [1.165, 1.54) is 0 Å². The van der Waals surface area contributed by atoms with Gasteiger partial charge in [-0.05, 0) is 24.3 Å². The Bertz CT molecular complexity index is 338. The zero-order chi connectivity index (χ0) is 11.2. The summed E-state index contributed by atoms with van der Waals surface area (Å²) in [5.74, 6) is -0.821. The number of halogens is 2. The van der Waals surface area contributed by atoms with E-state index in [1.807, 2.05) is 0 Å². The second-order valence-corrected chi connectivity index (χ2v) is 4.05. The molecule has 1 aromatic carbocycles. The topological polar surface area (TPSA) is 43.4 Å². The first-order chi connectivity index (χ1) is 6.35. The first-order valence-corrected chi connectivity index (χ1v) is 5.33. The van der Waals surface area contributed by atoms with E-state index >= 15 is 0 Å². The van der Waals surface area contributed by atoms with Crippen molar-refractivity contribution >= 4 is 10.1 Å².